The van der Waals surface area contributed by atoms with E-state index in [9.17, 15) is 9.59 Å². The molecule has 102 valence electrons. The number of rotatable bonds is 2. The summed E-state index contributed by atoms with van der Waals surface area (Å²) in [6, 6.07) is 0.108. The van der Waals surface area contributed by atoms with Gasteiger partial charge in [0.2, 0.25) is 0 Å². The monoisotopic (exact) mass is 255 g/mol. The van der Waals surface area contributed by atoms with Crippen molar-refractivity contribution in [2.75, 3.05) is 20.8 Å². The maximum Gasteiger partial charge on any atom is 0.311 e. The van der Waals surface area contributed by atoms with Crippen LogP contribution in [0.5, 0.6) is 0 Å². The molecule has 0 unspecified atom stereocenters. The normalized spacial score (nSPS) is 34.1. The minimum Gasteiger partial charge on any atom is -0.469 e. The van der Waals surface area contributed by atoms with E-state index in [1.54, 1.807) is 0 Å². The molecule has 0 radical (unpaired) electrons. The molecule has 0 amide bonds. The molecule has 5 heteroatoms. The molecule has 0 aromatic heterocycles. The highest BCUT2D eigenvalue weighted by Crippen LogP contribution is 2.48. The average molecular weight is 255 g/mol. The van der Waals surface area contributed by atoms with Gasteiger partial charge >= 0.3 is 11.9 Å². The summed E-state index contributed by atoms with van der Waals surface area (Å²) < 4.78 is 9.77. The molecule has 2 saturated heterocycles. The molecule has 0 saturated carbocycles. The maximum atomic E-state index is 12.0. The van der Waals surface area contributed by atoms with Crippen molar-refractivity contribution in [3.63, 3.8) is 0 Å². The van der Waals surface area contributed by atoms with Crippen molar-refractivity contribution in [1.82, 2.24) is 4.90 Å². The van der Waals surface area contributed by atoms with Crippen molar-refractivity contribution in [1.29, 1.82) is 0 Å². The Hall–Kier alpha value is -1.10. The lowest BCUT2D eigenvalue weighted by atomic mass is 9.79. The van der Waals surface area contributed by atoms with Gasteiger partial charge in [-0.25, -0.2) is 0 Å². The number of hydrogen-bond acceptors (Lipinski definition) is 5. The van der Waals surface area contributed by atoms with Crippen molar-refractivity contribution in [2.45, 2.75) is 38.3 Å². The van der Waals surface area contributed by atoms with Gasteiger partial charge in [0.05, 0.1) is 26.1 Å². The zero-order chi connectivity index (χ0) is 13.5. The summed E-state index contributed by atoms with van der Waals surface area (Å²) >= 11 is 0. The van der Waals surface area contributed by atoms with E-state index in [1.807, 2.05) is 13.8 Å². The van der Waals surface area contributed by atoms with Crippen LogP contribution >= 0.6 is 0 Å². The van der Waals surface area contributed by atoms with Crippen LogP contribution in [0.25, 0.3) is 0 Å². The van der Waals surface area contributed by atoms with Crippen LogP contribution < -0.4 is 0 Å². The number of methoxy groups -OCH3 is 2. The number of fused-ring (bicyclic) bond motifs is 1. The topological polar surface area (TPSA) is 55.8 Å². The van der Waals surface area contributed by atoms with Crippen LogP contribution in [0.3, 0.4) is 0 Å². The lowest BCUT2D eigenvalue weighted by Crippen LogP contribution is -2.46. The molecule has 0 aromatic rings. The van der Waals surface area contributed by atoms with E-state index in [4.69, 9.17) is 9.47 Å². The Labute approximate surface area is 107 Å². The number of hydrogen-bond donors (Lipinski definition) is 0. The standard InChI is InChI=1S/C13H21NO4/c1-13(2)10(12(16)18-4)9(11(15)17-3)8-6-5-7-14(8)13/h8-10H,5-7H2,1-4H3/t8-,9-,10-/m1/s1. The Bertz CT molecular complexity index is 366. The number of ether oxygens (including phenoxy) is 2. The minimum absolute atomic E-state index is 0.108. The number of carbonyl (C=O) groups is 2. The highest BCUT2D eigenvalue weighted by Gasteiger charge is 2.61. The Balaban J connectivity index is 2.39. The number of carbonyl (C=O) groups excluding carboxylic acids is 2. The van der Waals surface area contributed by atoms with Crippen molar-refractivity contribution < 1.29 is 19.1 Å². The van der Waals surface area contributed by atoms with Gasteiger partial charge < -0.3 is 9.47 Å². The van der Waals surface area contributed by atoms with Crippen molar-refractivity contribution in [2.24, 2.45) is 11.8 Å². The van der Waals surface area contributed by atoms with E-state index in [0.29, 0.717) is 0 Å². The van der Waals surface area contributed by atoms with E-state index in [-0.39, 0.29) is 23.5 Å². The Morgan fingerprint density at radius 3 is 2.33 bits per heavy atom. The van der Waals surface area contributed by atoms with E-state index in [1.165, 1.54) is 14.2 Å². The molecular formula is C13H21NO4. The lowest BCUT2D eigenvalue weighted by Gasteiger charge is -2.34. The van der Waals surface area contributed by atoms with E-state index in [0.717, 1.165) is 19.4 Å². The van der Waals surface area contributed by atoms with Crippen LogP contribution in [-0.2, 0) is 19.1 Å². The molecule has 0 aromatic carbocycles. The predicted octanol–water partition coefficient (Wildman–Crippen LogP) is 0.821. The van der Waals surface area contributed by atoms with E-state index >= 15 is 0 Å². The fourth-order valence-electron chi connectivity index (χ4n) is 3.71. The van der Waals surface area contributed by atoms with Crippen molar-refractivity contribution in [3.05, 3.63) is 0 Å². The molecule has 18 heavy (non-hydrogen) atoms. The molecule has 0 N–H and O–H groups in total. The summed E-state index contributed by atoms with van der Waals surface area (Å²) in [5, 5.41) is 0. The largest absolute Gasteiger partial charge is 0.469 e. The number of nitrogens with zero attached hydrogens (tertiary/aromatic N) is 1. The van der Waals surface area contributed by atoms with Gasteiger partial charge in [0, 0.05) is 11.6 Å². The third-order valence-electron chi connectivity index (χ3n) is 4.50. The van der Waals surface area contributed by atoms with Crippen molar-refractivity contribution in [3.8, 4) is 0 Å². The molecular weight excluding hydrogens is 234 g/mol. The van der Waals surface area contributed by atoms with E-state index < -0.39 is 11.8 Å². The predicted molar refractivity (Wildman–Crippen MR) is 64.8 cm³/mol. The second-order valence-corrected chi connectivity index (χ2v) is 5.61. The van der Waals surface area contributed by atoms with Crippen LogP contribution in [-0.4, -0.2) is 49.2 Å². The zero-order valence-electron chi connectivity index (χ0n) is 11.4. The molecule has 2 rings (SSSR count). The quantitative estimate of drug-likeness (QED) is 0.684. The Kier molecular flexibility index (Phi) is 3.36. The van der Waals surface area contributed by atoms with Gasteiger partial charge in [0.25, 0.3) is 0 Å². The first kappa shape index (κ1) is 13.3. The van der Waals surface area contributed by atoms with Gasteiger partial charge in [-0.3, -0.25) is 14.5 Å². The SMILES string of the molecule is COC(=O)[C@@H]1[C@H]2CCCN2C(C)(C)[C@H]1C(=O)OC. The van der Waals surface area contributed by atoms with Crippen LogP contribution in [0.2, 0.25) is 0 Å². The van der Waals surface area contributed by atoms with Gasteiger partial charge in [0.15, 0.2) is 0 Å². The molecule has 3 atom stereocenters. The molecule has 0 aliphatic carbocycles. The second kappa shape index (κ2) is 4.53. The summed E-state index contributed by atoms with van der Waals surface area (Å²) in [7, 11) is 2.75. The smallest absolute Gasteiger partial charge is 0.311 e. The maximum absolute atomic E-state index is 12.0. The fourth-order valence-corrected chi connectivity index (χ4v) is 3.71. The third-order valence-corrected chi connectivity index (χ3v) is 4.50. The van der Waals surface area contributed by atoms with Crippen LogP contribution in [0.15, 0.2) is 0 Å². The first-order valence-electron chi connectivity index (χ1n) is 6.37. The fraction of sp³-hybridized carbons (Fsp3) is 0.846. The highest BCUT2D eigenvalue weighted by molar-refractivity contribution is 5.84. The first-order chi connectivity index (χ1) is 8.45. The van der Waals surface area contributed by atoms with Crippen LogP contribution in [0.4, 0.5) is 0 Å². The average Bonchev–Trinajstić information content (AvgIpc) is 2.89. The molecule has 2 fully saturated rings. The van der Waals surface area contributed by atoms with Gasteiger partial charge in [-0.15, -0.1) is 0 Å². The highest BCUT2D eigenvalue weighted by atomic mass is 16.5. The van der Waals surface area contributed by atoms with Gasteiger partial charge in [-0.2, -0.15) is 0 Å². The lowest BCUT2D eigenvalue weighted by molar-refractivity contribution is -0.158. The molecule has 2 aliphatic rings. The van der Waals surface area contributed by atoms with Gasteiger partial charge in [0.1, 0.15) is 0 Å². The molecule has 5 nitrogen and oxygen atoms in total. The second-order valence-electron chi connectivity index (χ2n) is 5.61. The zero-order valence-corrected chi connectivity index (χ0v) is 11.4. The summed E-state index contributed by atoms with van der Waals surface area (Å²) in [4.78, 5) is 26.3. The molecule has 0 bridgehead atoms. The summed E-state index contributed by atoms with van der Waals surface area (Å²) in [6.45, 7) is 4.95. The summed E-state index contributed by atoms with van der Waals surface area (Å²) in [6.07, 6.45) is 2.01. The van der Waals surface area contributed by atoms with Crippen molar-refractivity contribution >= 4 is 11.9 Å². The molecule has 2 heterocycles. The Morgan fingerprint density at radius 2 is 1.78 bits per heavy atom. The van der Waals surface area contributed by atoms with Gasteiger partial charge in [-0.1, -0.05) is 0 Å². The molecule has 2 aliphatic heterocycles. The number of esters is 2. The summed E-state index contributed by atoms with van der Waals surface area (Å²) in [5.74, 6) is -1.46. The van der Waals surface area contributed by atoms with Gasteiger partial charge in [-0.05, 0) is 33.2 Å². The van der Waals surface area contributed by atoms with Crippen LogP contribution in [0.1, 0.15) is 26.7 Å². The Morgan fingerprint density at radius 1 is 1.17 bits per heavy atom. The molecule has 0 spiro atoms. The third kappa shape index (κ3) is 1.72. The van der Waals surface area contributed by atoms with E-state index in [2.05, 4.69) is 4.90 Å². The first-order valence-corrected chi connectivity index (χ1v) is 6.37. The van der Waals surface area contributed by atoms with Crippen LogP contribution in [0, 0.1) is 11.8 Å². The minimum atomic E-state index is -0.444. The summed E-state index contributed by atoms with van der Waals surface area (Å²) in [5.41, 5.74) is -0.354.